The zero-order valence-electron chi connectivity index (χ0n) is 9.97. The lowest BCUT2D eigenvalue weighted by Crippen LogP contribution is -2.09. The molecule has 0 unspecified atom stereocenters. The zero-order valence-corrected chi connectivity index (χ0v) is 13.1. The molecule has 4 nitrogen and oxygen atoms in total. The van der Waals surface area contributed by atoms with Crippen LogP contribution in [0.3, 0.4) is 0 Å². The van der Waals surface area contributed by atoms with Crippen LogP contribution in [0.5, 0.6) is 5.75 Å². The largest absolute Gasteiger partial charge is 0.478 e. The highest BCUT2D eigenvalue weighted by Gasteiger charge is 2.14. The predicted molar refractivity (Wildman–Crippen MR) is 80.2 cm³/mol. The van der Waals surface area contributed by atoms with Crippen molar-refractivity contribution in [1.82, 2.24) is 0 Å². The summed E-state index contributed by atoms with van der Waals surface area (Å²) in [6.07, 6.45) is 0. The molecule has 0 heterocycles. The molecule has 0 aromatic heterocycles. The first-order valence-corrected chi connectivity index (χ1v) is 7.07. The fraction of sp³-hybridized carbons (Fsp3) is 0. The van der Waals surface area contributed by atoms with Gasteiger partial charge in [-0.25, -0.2) is 9.59 Å². The van der Waals surface area contributed by atoms with Crippen molar-refractivity contribution in [3.8, 4) is 5.75 Å². The predicted octanol–water partition coefficient (Wildman–Crippen LogP) is 4.13. The van der Waals surface area contributed by atoms with E-state index in [1.54, 1.807) is 24.3 Å². The molecule has 2 rings (SSSR count). The van der Waals surface area contributed by atoms with Crippen LogP contribution < -0.4 is 4.74 Å². The molecule has 0 bridgehead atoms. The number of carboxylic acids is 1. The molecule has 0 amide bonds. The third-order valence-corrected chi connectivity index (χ3v) is 3.79. The fourth-order valence-electron chi connectivity index (χ4n) is 1.50. The van der Waals surface area contributed by atoms with Gasteiger partial charge < -0.3 is 9.84 Å². The minimum Gasteiger partial charge on any atom is -0.478 e. The van der Waals surface area contributed by atoms with Gasteiger partial charge in [0.15, 0.2) is 0 Å². The second kappa shape index (κ2) is 6.19. The molecule has 0 spiro atoms. The second-order valence-electron chi connectivity index (χ2n) is 3.82. The Morgan fingerprint density at radius 3 is 2.30 bits per heavy atom. The Morgan fingerprint density at radius 2 is 1.70 bits per heavy atom. The van der Waals surface area contributed by atoms with Crippen molar-refractivity contribution >= 4 is 43.8 Å². The average Bonchev–Trinajstić information content (AvgIpc) is 2.41. The summed E-state index contributed by atoms with van der Waals surface area (Å²) in [6.45, 7) is 0. The van der Waals surface area contributed by atoms with Gasteiger partial charge in [0.1, 0.15) is 5.75 Å². The van der Waals surface area contributed by atoms with Gasteiger partial charge in [-0.3, -0.25) is 0 Å². The van der Waals surface area contributed by atoms with Crippen molar-refractivity contribution in [3.05, 3.63) is 62.5 Å². The van der Waals surface area contributed by atoms with Gasteiger partial charge in [-0.2, -0.15) is 0 Å². The maximum absolute atomic E-state index is 12.0. The van der Waals surface area contributed by atoms with Crippen LogP contribution in [0, 0.1) is 0 Å². The van der Waals surface area contributed by atoms with Crippen LogP contribution in [0.25, 0.3) is 0 Å². The van der Waals surface area contributed by atoms with E-state index in [0.29, 0.717) is 14.5 Å². The molecular weight excluding hydrogens is 392 g/mol. The van der Waals surface area contributed by atoms with Crippen LogP contribution >= 0.6 is 31.9 Å². The highest BCUT2D eigenvalue weighted by molar-refractivity contribution is 9.10. The van der Waals surface area contributed by atoms with Crippen molar-refractivity contribution in [2.24, 2.45) is 0 Å². The maximum atomic E-state index is 12.0. The van der Waals surface area contributed by atoms with Crippen LogP contribution in [0.1, 0.15) is 20.7 Å². The zero-order chi connectivity index (χ0) is 14.7. The van der Waals surface area contributed by atoms with Crippen molar-refractivity contribution in [3.63, 3.8) is 0 Å². The van der Waals surface area contributed by atoms with E-state index in [-0.39, 0.29) is 11.3 Å². The summed E-state index contributed by atoms with van der Waals surface area (Å²) < 4.78 is 6.27. The molecular formula is C14H8Br2O4. The van der Waals surface area contributed by atoms with E-state index in [1.807, 2.05) is 0 Å². The van der Waals surface area contributed by atoms with E-state index in [9.17, 15) is 9.59 Å². The SMILES string of the molecule is O=C(O)c1ccc(OC(=O)c2ccccc2Br)c(Br)c1. The molecule has 0 atom stereocenters. The molecule has 2 aromatic carbocycles. The summed E-state index contributed by atoms with van der Waals surface area (Å²) in [7, 11) is 0. The molecule has 0 aliphatic heterocycles. The number of rotatable bonds is 3. The topological polar surface area (TPSA) is 63.6 Å². The highest BCUT2D eigenvalue weighted by Crippen LogP contribution is 2.27. The molecule has 0 saturated heterocycles. The summed E-state index contributed by atoms with van der Waals surface area (Å²) in [5.74, 6) is -1.31. The van der Waals surface area contributed by atoms with Gasteiger partial charge in [-0.1, -0.05) is 12.1 Å². The average molecular weight is 400 g/mol. The number of hydrogen-bond donors (Lipinski definition) is 1. The minimum atomic E-state index is -1.05. The lowest BCUT2D eigenvalue weighted by molar-refractivity contribution is 0.0696. The molecule has 6 heteroatoms. The number of carbonyl (C=O) groups is 2. The monoisotopic (exact) mass is 398 g/mol. The number of aromatic carboxylic acids is 1. The van der Waals surface area contributed by atoms with Gasteiger partial charge in [-0.15, -0.1) is 0 Å². The van der Waals surface area contributed by atoms with Crippen molar-refractivity contribution in [2.45, 2.75) is 0 Å². The Balaban J connectivity index is 2.25. The number of carboxylic acid groups (broad SMARTS) is 1. The van der Waals surface area contributed by atoms with E-state index in [1.165, 1.54) is 18.2 Å². The molecule has 102 valence electrons. The van der Waals surface area contributed by atoms with E-state index in [4.69, 9.17) is 9.84 Å². The van der Waals surface area contributed by atoms with Crippen molar-refractivity contribution < 1.29 is 19.4 Å². The second-order valence-corrected chi connectivity index (χ2v) is 5.53. The molecule has 0 aliphatic carbocycles. The van der Waals surface area contributed by atoms with Gasteiger partial charge in [0.25, 0.3) is 0 Å². The Morgan fingerprint density at radius 1 is 1.00 bits per heavy atom. The lowest BCUT2D eigenvalue weighted by Gasteiger charge is -2.08. The fourth-order valence-corrected chi connectivity index (χ4v) is 2.40. The van der Waals surface area contributed by atoms with Crippen molar-refractivity contribution in [2.75, 3.05) is 0 Å². The number of esters is 1. The third kappa shape index (κ3) is 3.26. The van der Waals surface area contributed by atoms with Crippen molar-refractivity contribution in [1.29, 1.82) is 0 Å². The first kappa shape index (κ1) is 14.7. The summed E-state index contributed by atoms with van der Waals surface area (Å²) in [5, 5.41) is 8.86. The summed E-state index contributed by atoms with van der Waals surface area (Å²) in [4.78, 5) is 22.8. The van der Waals surface area contributed by atoms with Gasteiger partial charge in [-0.05, 0) is 62.2 Å². The standard InChI is InChI=1S/C14H8Br2O4/c15-10-4-2-1-3-9(10)14(19)20-12-6-5-8(13(17)18)7-11(12)16/h1-7H,(H,17,18). The lowest BCUT2D eigenvalue weighted by atomic mass is 10.2. The Labute approximate surface area is 131 Å². The summed E-state index contributed by atoms with van der Waals surface area (Å²) >= 11 is 6.45. The van der Waals surface area contributed by atoms with Gasteiger partial charge in [0, 0.05) is 4.47 Å². The highest BCUT2D eigenvalue weighted by atomic mass is 79.9. The van der Waals surface area contributed by atoms with E-state index in [0.717, 1.165) is 0 Å². The van der Waals surface area contributed by atoms with Crippen LogP contribution in [-0.4, -0.2) is 17.0 Å². The summed E-state index contributed by atoms with van der Waals surface area (Å²) in [6, 6.07) is 11.1. The molecule has 0 fully saturated rings. The van der Waals surface area contributed by atoms with Crippen LogP contribution in [0.2, 0.25) is 0 Å². The van der Waals surface area contributed by atoms with Crippen LogP contribution in [0.15, 0.2) is 51.4 Å². The Hall–Kier alpha value is -1.66. The Kier molecular flexibility index (Phi) is 4.57. The minimum absolute atomic E-state index is 0.109. The van der Waals surface area contributed by atoms with Crippen LogP contribution in [-0.2, 0) is 0 Å². The molecule has 0 aliphatic rings. The summed E-state index contributed by atoms with van der Waals surface area (Å²) in [5.41, 5.74) is 0.499. The molecule has 1 N–H and O–H groups in total. The smallest absolute Gasteiger partial charge is 0.344 e. The maximum Gasteiger partial charge on any atom is 0.344 e. The van der Waals surface area contributed by atoms with E-state index in [2.05, 4.69) is 31.9 Å². The van der Waals surface area contributed by atoms with Gasteiger partial charge >= 0.3 is 11.9 Å². The first-order valence-electron chi connectivity index (χ1n) is 5.48. The Bertz CT molecular complexity index is 683. The van der Waals surface area contributed by atoms with E-state index < -0.39 is 11.9 Å². The number of carbonyl (C=O) groups excluding carboxylic acids is 1. The number of benzene rings is 2. The molecule has 2 aromatic rings. The third-order valence-electron chi connectivity index (χ3n) is 2.48. The molecule has 0 saturated carbocycles. The van der Waals surface area contributed by atoms with E-state index >= 15 is 0 Å². The quantitative estimate of drug-likeness (QED) is 0.622. The number of hydrogen-bond acceptors (Lipinski definition) is 3. The normalized spacial score (nSPS) is 10.1. The molecule has 0 radical (unpaired) electrons. The van der Waals surface area contributed by atoms with Crippen LogP contribution in [0.4, 0.5) is 0 Å². The molecule has 20 heavy (non-hydrogen) atoms. The first-order chi connectivity index (χ1) is 9.49. The number of halogens is 2. The van der Waals surface area contributed by atoms with Gasteiger partial charge in [0.05, 0.1) is 15.6 Å². The number of ether oxygens (including phenoxy) is 1. The van der Waals surface area contributed by atoms with Gasteiger partial charge in [0.2, 0.25) is 0 Å².